The highest BCUT2D eigenvalue weighted by Crippen LogP contribution is 2.33. The number of terminal acetylenes is 1. The van der Waals surface area contributed by atoms with Crippen LogP contribution in [-0.4, -0.2) is 11.1 Å². The van der Waals surface area contributed by atoms with E-state index in [9.17, 15) is 18.0 Å². The normalized spacial score (nSPS) is 10.8. The lowest BCUT2D eigenvalue weighted by atomic mass is 10.1. The molecular formula is C16H10F3NO2. The van der Waals surface area contributed by atoms with Gasteiger partial charge in [0.1, 0.15) is 0 Å². The number of hydrogen-bond acceptors (Lipinski definition) is 2. The van der Waals surface area contributed by atoms with E-state index >= 15 is 0 Å². The maximum Gasteiger partial charge on any atom is 0.416 e. The van der Waals surface area contributed by atoms with Crippen LogP contribution in [0, 0.1) is 12.3 Å². The van der Waals surface area contributed by atoms with Crippen LogP contribution in [0.1, 0.15) is 21.5 Å². The number of carboxylic acids is 1. The van der Waals surface area contributed by atoms with Crippen molar-refractivity contribution in [3.8, 4) is 12.3 Å². The smallest absolute Gasteiger partial charge is 0.416 e. The summed E-state index contributed by atoms with van der Waals surface area (Å²) in [6, 6.07) is 8.97. The highest BCUT2D eigenvalue weighted by molar-refractivity contribution is 5.95. The van der Waals surface area contributed by atoms with Crippen molar-refractivity contribution < 1.29 is 23.1 Å². The molecule has 2 rings (SSSR count). The van der Waals surface area contributed by atoms with Crippen molar-refractivity contribution in [1.29, 1.82) is 0 Å². The highest BCUT2D eigenvalue weighted by Gasteiger charge is 2.31. The third-order valence-electron chi connectivity index (χ3n) is 2.86. The van der Waals surface area contributed by atoms with Gasteiger partial charge >= 0.3 is 12.1 Å². The molecule has 0 radical (unpaired) electrons. The summed E-state index contributed by atoms with van der Waals surface area (Å²) in [7, 11) is 0. The van der Waals surface area contributed by atoms with Gasteiger partial charge in [0.15, 0.2) is 0 Å². The van der Waals surface area contributed by atoms with Crippen LogP contribution in [0.15, 0.2) is 42.5 Å². The van der Waals surface area contributed by atoms with Crippen LogP contribution in [-0.2, 0) is 6.18 Å². The van der Waals surface area contributed by atoms with Crippen LogP contribution < -0.4 is 5.32 Å². The van der Waals surface area contributed by atoms with Gasteiger partial charge in [0.05, 0.1) is 16.8 Å². The first-order chi connectivity index (χ1) is 10.3. The van der Waals surface area contributed by atoms with Crippen LogP contribution in [0.25, 0.3) is 0 Å². The predicted molar refractivity (Wildman–Crippen MR) is 76.1 cm³/mol. The molecule has 0 saturated carbocycles. The zero-order chi connectivity index (χ0) is 16.3. The van der Waals surface area contributed by atoms with Crippen molar-refractivity contribution >= 4 is 17.3 Å². The number of carboxylic acid groups (broad SMARTS) is 1. The quantitative estimate of drug-likeness (QED) is 0.838. The fourth-order valence-electron chi connectivity index (χ4n) is 1.88. The Bertz CT molecular complexity index is 761. The Balaban J connectivity index is 2.47. The van der Waals surface area contributed by atoms with Gasteiger partial charge in [-0.15, -0.1) is 6.42 Å². The summed E-state index contributed by atoms with van der Waals surface area (Å²) < 4.78 is 38.5. The van der Waals surface area contributed by atoms with Crippen LogP contribution in [0.5, 0.6) is 0 Å². The molecule has 0 atom stereocenters. The number of alkyl halides is 3. The summed E-state index contributed by atoms with van der Waals surface area (Å²) in [5, 5.41) is 11.7. The number of nitrogens with one attached hydrogen (secondary N) is 1. The number of benzene rings is 2. The lowest BCUT2D eigenvalue weighted by Crippen LogP contribution is -2.07. The van der Waals surface area contributed by atoms with Gasteiger partial charge in [0, 0.05) is 11.3 Å². The summed E-state index contributed by atoms with van der Waals surface area (Å²) >= 11 is 0. The first kappa shape index (κ1) is 15.4. The molecule has 6 heteroatoms. The number of aromatic carboxylic acids is 1. The maximum atomic E-state index is 12.8. The molecule has 0 aliphatic carbocycles. The molecule has 0 amide bonds. The molecule has 112 valence electrons. The number of para-hydroxylation sites is 1. The minimum atomic E-state index is -4.55. The fourth-order valence-corrected chi connectivity index (χ4v) is 1.88. The third kappa shape index (κ3) is 3.38. The molecule has 0 fully saturated rings. The van der Waals surface area contributed by atoms with Crippen LogP contribution in [0.4, 0.5) is 24.5 Å². The molecule has 2 aromatic rings. The first-order valence-electron chi connectivity index (χ1n) is 6.09. The maximum absolute atomic E-state index is 12.8. The van der Waals surface area contributed by atoms with Gasteiger partial charge in [-0.25, -0.2) is 4.79 Å². The van der Waals surface area contributed by atoms with Crippen molar-refractivity contribution in [2.45, 2.75) is 6.18 Å². The average Bonchev–Trinajstić information content (AvgIpc) is 2.46. The SMILES string of the molecule is C#Cc1cc(Nc2ccccc2C(=O)O)cc(C(F)(F)F)c1. The molecule has 0 heterocycles. The second-order valence-corrected chi connectivity index (χ2v) is 4.42. The molecule has 2 N–H and O–H groups in total. The van der Waals surface area contributed by atoms with E-state index in [1.54, 1.807) is 6.07 Å². The molecule has 0 aliphatic rings. The standard InChI is InChI=1S/C16H10F3NO2/c1-2-10-7-11(16(17,18)19)9-12(8-10)20-14-6-4-3-5-13(14)15(21)22/h1,3-9,20H,(H,21,22). The number of carbonyl (C=O) groups is 1. The van der Waals surface area contributed by atoms with Crippen LogP contribution >= 0.6 is 0 Å². The van der Waals surface area contributed by atoms with Gasteiger partial charge in [-0.2, -0.15) is 13.2 Å². The molecule has 0 aromatic heterocycles. The van der Waals surface area contributed by atoms with Crippen LogP contribution in [0.3, 0.4) is 0 Å². The predicted octanol–water partition coefficient (Wildman–Crippen LogP) is 4.13. The highest BCUT2D eigenvalue weighted by atomic mass is 19.4. The van der Waals surface area contributed by atoms with E-state index in [1.165, 1.54) is 24.3 Å². The summed E-state index contributed by atoms with van der Waals surface area (Å²) in [5.74, 6) is 0.959. The van der Waals surface area contributed by atoms with Crippen molar-refractivity contribution in [2.75, 3.05) is 5.32 Å². The van der Waals surface area contributed by atoms with Gasteiger partial charge < -0.3 is 10.4 Å². The topological polar surface area (TPSA) is 49.3 Å². The monoisotopic (exact) mass is 305 g/mol. The molecule has 22 heavy (non-hydrogen) atoms. The molecular weight excluding hydrogens is 295 g/mol. The van der Waals surface area contributed by atoms with Crippen molar-refractivity contribution in [2.24, 2.45) is 0 Å². The second kappa shape index (κ2) is 5.82. The average molecular weight is 305 g/mol. The van der Waals surface area contributed by atoms with Crippen molar-refractivity contribution in [3.63, 3.8) is 0 Å². The Labute approximate surface area is 124 Å². The Morgan fingerprint density at radius 1 is 1.18 bits per heavy atom. The van der Waals surface area contributed by atoms with Gasteiger partial charge in [-0.1, -0.05) is 18.1 Å². The number of rotatable bonds is 3. The molecule has 0 saturated heterocycles. The summed E-state index contributed by atoms with van der Waals surface area (Å²) in [6.45, 7) is 0. The largest absolute Gasteiger partial charge is 0.478 e. The number of anilines is 2. The summed E-state index contributed by atoms with van der Waals surface area (Å²) in [6.07, 6.45) is 0.617. The number of halogens is 3. The summed E-state index contributed by atoms with van der Waals surface area (Å²) in [5.41, 5.74) is -0.667. The lowest BCUT2D eigenvalue weighted by Gasteiger charge is -2.13. The van der Waals surface area contributed by atoms with E-state index in [-0.39, 0.29) is 22.5 Å². The minimum absolute atomic E-state index is 0.0464. The van der Waals surface area contributed by atoms with E-state index in [0.29, 0.717) is 0 Å². The van der Waals surface area contributed by atoms with Crippen molar-refractivity contribution in [3.05, 3.63) is 59.2 Å². The Hall–Kier alpha value is -2.94. The van der Waals surface area contributed by atoms with Crippen molar-refractivity contribution in [1.82, 2.24) is 0 Å². The first-order valence-corrected chi connectivity index (χ1v) is 6.09. The Kier molecular flexibility index (Phi) is 4.08. The number of hydrogen-bond donors (Lipinski definition) is 2. The summed E-state index contributed by atoms with van der Waals surface area (Å²) in [4.78, 5) is 11.1. The van der Waals surface area contributed by atoms with E-state index < -0.39 is 17.7 Å². The van der Waals surface area contributed by atoms with Gasteiger partial charge in [0.2, 0.25) is 0 Å². The van der Waals surface area contributed by atoms with E-state index in [0.717, 1.165) is 12.1 Å². The fraction of sp³-hybridized carbons (Fsp3) is 0.0625. The van der Waals surface area contributed by atoms with E-state index in [2.05, 4.69) is 11.2 Å². The van der Waals surface area contributed by atoms with Gasteiger partial charge in [-0.05, 0) is 30.3 Å². The second-order valence-electron chi connectivity index (χ2n) is 4.42. The Morgan fingerprint density at radius 2 is 1.86 bits per heavy atom. The molecule has 0 aliphatic heterocycles. The molecule has 3 nitrogen and oxygen atoms in total. The molecule has 0 bridgehead atoms. The Morgan fingerprint density at radius 3 is 2.45 bits per heavy atom. The lowest BCUT2D eigenvalue weighted by molar-refractivity contribution is -0.137. The van der Waals surface area contributed by atoms with Gasteiger partial charge in [-0.3, -0.25) is 0 Å². The minimum Gasteiger partial charge on any atom is -0.478 e. The third-order valence-corrected chi connectivity index (χ3v) is 2.86. The zero-order valence-corrected chi connectivity index (χ0v) is 11.1. The zero-order valence-electron chi connectivity index (χ0n) is 11.1. The van der Waals surface area contributed by atoms with Gasteiger partial charge in [0.25, 0.3) is 0 Å². The molecule has 0 unspecified atom stereocenters. The van der Waals surface area contributed by atoms with E-state index in [4.69, 9.17) is 11.5 Å². The van der Waals surface area contributed by atoms with Crippen LogP contribution in [0.2, 0.25) is 0 Å². The van der Waals surface area contributed by atoms with E-state index in [1.807, 2.05) is 0 Å². The molecule has 0 spiro atoms. The molecule has 2 aromatic carbocycles.